The van der Waals surface area contributed by atoms with Gasteiger partial charge in [-0.1, -0.05) is 26.8 Å². The highest BCUT2D eigenvalue weighted by atomic mass is 32.1. The molecule has 3 nitrogen and oxygen atoms in total. The van der Waals surface area contributed by atoms with Gasteiger partial charge in [-0.25, -0.2) is 0 Å². The van der Waals surface area contributed by atoms with Crippen molar-refractivity contribution < 1.29 is 4.74 Å². The minimum atomic E-state index is 0.274. The Morgan fingerprint density at radius 2 is 2.33 bits per heavy atom. The van der Waals surface area contributed by atoms with E-state index in [-0.39, 0.29) is 5.41 Å². The lowest BCUT2D eigenvalue weighted by atomic mass is 9.81. The Bertz CT molecular complexity index is 386. The number of hydrogen-bond donors (Lipinski definition) is 1. The van der Waals surface area contributed by atoms with Crippen molar-refractivity contribution in [2.45, 2.75) is 46.2 Å². The third kappa shape index (κ3) is 5.37. The van der Waals surface area contributed by atoms with Gasteiger partial charge >= 0.3 is 0 Å². The topological polar surface area (TPSA) is 24.5 Å². The van der Waals surface area contributed by atoms with Gasteiger partial charge < -0.3 is 10.1 Å². The lowest BCUT2D eigenvalue weighted by Crippen LogP contribution is -2.49. The summed E-state index contributed by atoms with van der Waals surface area (Å²) in [4.78, 5) is 4.03. The van der Waals surface area contributed by atoms with Gasteiger partial charge in [-0.2, -0.15) is 0 Å². The van der Waals surface area contributed by atoms with Crippen molar-refractivity contribution in [3.8, 4) is 0 Å². The Labute approximate surface area is 133 Å². The van der Waals surface area contributed by atoms with Crippen molar-refractivity contribution in [2.75, 3.05) is 32.8 Å². The minimum absolute atomic E-state index is 0.274. The summed E-state index contributed by atoms with van der Waals surface area (Å²) >= 11 is 1.86. The Morgan fingerprint density at radius 3 is 2.90 bits per heavy atom. The van der Waals surface area contributed by atoms with Crippen molar-refractivity contribution in [3.05, 3.63) is 22.4 Å². The van der Waals surface area contributed by atoms with Gasteiger partial charge in [0.05, 0.1) is 6.61 Å². The number of thiophene rings is 1. The number of nitrogens with zero attached hydrogens (tertiary/aromatic N) is 1. The Morgan fingerprint density at radius 1 is 1.48 bits per heavy atom. The second-order valence-electron chi connectivity index (χ2n) is 6.57. The van der Waals surface area contributed by atoms with Crippen molar-refractivity contribution in [1.29, 1.82) is 0 Å². The lowest BCUT2D eigenvalue weighted by molar-refractivity contribution is -0.0275. The van der Waals surface area contributed by atoms with E-state index in [4.69, 9.17) is 4.74 Å². The number of nitrogens with one attached hydrogen (secondary N) is 1. The minimum Gasteiger partial charge on any atom is -0.381 e. The molecular formula is C17H30N2OS. The van der Waals surface area contributed by atoms with Crippen LogP contribution in [0, 0.1) is 5.41 Å². The Hall–Kier alpha value is -0.420. The van der Waals surface area contributed by atoms with Gasteiger partial charge in [-0.3, -0.25) is 4.90 Å². The first-order valence-electron chi connectivity index (χ1n) is 8.19. The lowest BCUT2D eigenvalue weighted by Gasteiger charge is -2.41. The molecule has 1 aliphatic rings. The van der Waals surface area contributed by atoms with Crippen molar-refractivity contribution in [3.63, 3.8) is 0 Å². The van der Waals surface area contributed by atoms with Gasteiger partial charge in [-0.05, 0) is 30.8 Å². The zero-order valence-corrected chi connectivity index (χ0v) is 14.5. The summed E-state index contributed by atoms with van der Waals surface area (Å²) < 4.78 is 5.83. The quantitative estimate of drug-likeness (QED) is 0.797. The third-order valence-corrected chi connectivity index (χ3v) is 5.12. The number of rotatable bonds is 8. The molecule has 1 aromatic rings. The summed E-state index contributed by atoms with van der Waals surface area (Å²) in [6.07, 6.45) is 2.46. The van der Waals surface area contributed by atoms with Crippen molar-refractivity contribution in [2.24, 2.45) is 5.41 Å². The van der Waals surface area contributed by atoms with Crippen LogP contribution in [0.4, 0.5) is 0 Å². The van der Waals surface area contributed by atoms with Gasteiger partial charge in [0.25, 0.3) is 0 Å². The highest BCUT2D eigenvalue weighted by molar-refractivity contribution is 7.09. The standard InChI is InChI=1S/C17H30N2OS/c1-4-19(11-16-7-5-10-21-16)13-17(12-18-15(2)3)8-6-9-20-14-17/h5,7,10,15,18H,4,6,8-9,11-14H2,1-3H3. The summed E-state index contributed by atoms with van der Waals surface area (Å²) in [6.45, 7) is 12.9. The Kier molecular flexibility index (Phi) is 6.68. The molecule has 0 amide bonds. The van der Waals surface area contributed by atoms with Crippen LogP contribution in [0.5, 0.6) is 0 Å². The van der Waals surface area contributed by atoms with E-state index in [1.807, 2.05) is 11.3 Å². The normalized spacial score (nSPS) is 23.1. The van der Waals surface area contributed by atoms with Crippen LogP contribution in [0.3, 0.4) is 0 Å². The predicted molar refractivity (Wildman–Crippen MR) is 90.9 cm³/mol. The van der Waals surface area contributed by atoms with E-state index in [1.165, 1.54) is 17.7 Å². The fraction of sp³-hybridized carbons (Fsp3) is 0.765. The molecule has 1 aliphatic heterocycles. The van der Waals surface area contributed by atoms with E-state index < -0.39 is 0 Å². The van der Waals surface area contributed by atoms with E-state index in [1.54, 1.807) is 0 Å². The van der Waals surface area contributed by atoms with Gasteiger partial charge in [0, 0.05) is 42.6 Å². The predicted octanol–water partition coefficient (Wildman–Crippen LogP) is 3.36. The Balaban J connectivity index is 1.98. The summed E-state index contributed by atoms with van der Waals surface area (Å²) in [5.41, 5.74) is 0.274. The second-order valence-corrected chi connectivity index (χ2v) is 7.61. The molecule has 1 aromatic heterocycles. The molecule has 2 rings (SSSR count). The van der Waals surface area contributed by atoms with Crippen LogP contribution in [0.25, 0.3) is 0 Å². The SMILES string of the molecule is CCN(Cc1cccs1)CC1(CNC(C)C)CCCOC1. The number of hydrogen-bond acceptors (Lipinski definition) is 4. The van der Waals surface area contributed by atoms with Crippen LogP contribution in [0.2, 0.25) is 0 Å². The largest absolute Gasteiger partial charge is 0.381 e. The molecule has 2 heterocycles. The fourth-order valence-corrected chi connectivity index (χ4v) is 3.77. The molecule has 1 atom stereocenters. The van der Waals surface area contributed by atoms with Crippen LogP contribution < -0.4 is 5.32 Å². The highest BCUT2D eigenvalue weighted by Crippen LogP contribution is 2.30. The van der Waals surface area contributed by atoms with Crippen LogP contribution in [0.1, 0.15) is 38.5 Å². The van der Waals surface area contributed by atoms with Gasteiger partial charge in [0.15, 0.2) is 0 Å². The summed E-state index contributed by atoms with van der Waals surface area (Å²) in [6, 6.07) is 4.92. The fourth-order valence-electron chi connectivity index (χ4n) is 3.03. The average molecular weight is 311 g/mol. The molecule has 120 valence electrons. The zero-order chi connectivity index (χ0) is 15.1. The van der Waals surface area contributed by atoms with Crippen LogP contribution in [-0.4, -0.2) is 43.8 Å². The molecule has 0 bridgehead atoms. The van der Waals surface area contributed by atoms with Crippen molar-refractivity contribution in [1.82, 2.24) is 10.2 Å². The van der Waals surface area contributed by atoms with Crippen LogP contribution in [-0.2, 0) is 11.3 Å². The summed E-state index contributed by atoms with van der Waals surface area (Å²) in [5.74, 6) is 0. The van der Waals surface area contributed by atoms with E-state index in [0.717, 1.165) is 39.4 Å². The van der Waals surface area contributed by atoms with E-state index >= 15 is 0 Å². The second kappa shape index (κ2) is 8.28. The molecule has 1 fully saturated rings. The molecule has 21 heavy (non-hydrogen) atoms. The first kappa shape index (κ1) is 16.9. The molecule has 1 saturated heterocycles. The first-order valence-corrected chi connectivity index (χ1v) is 9.07. The van der Waals surface area contributed by atoms with E-state index in [9.17, 15) is 0 Å². The average Bonchev–Trinajstić information content (AvgIpc) is 2.98. The maximum atomic E-state index is 5.83. The van der Waals surface area contributed by atoms with Crippen LogP contribution in [0.15, 0.2) is 17.5 Å². The van der Waals surface area contributed by atoms with Crippen LogP contribution >= 0.6 is 11.3 Å². The van der Waals surface area contributed by atoms with Gasteiger partial charge in [-0.15, -0.1) is 11.3 Å². The molecule has 0 radical (unpaired) electrons. The number of ether oxygens (including phenoxy) is 1. The molecule has 4 heteroatoms. The summed E-state index contributed by atoms with van der Waals surface area (Å²) in [7, 11) is 0. The maximum Gasteiger partial charge on any atom is 0.0546 e. The molecule has 1 N–H and O–H groups in total. The molecule has 0 saturated carbocycles. The van der Waals surface area contributed by atoms with E-state index in [2.05, 4.69) is 48.5 Å². The molecular weight excluding hydrogens is 280 g/mol. The smallest absolute Gasteiger partial charge is 0.0546 e. The molecule has 1 unspecified atom stereocenters. The molecule has 0 aromatic carbocycles. The van der Waals surface area contributed by atoms with Crippen molar-refractivity contribution >= 4 is 11.3 Å². The zero-order valence-electron chi connectivity index (χ0n) is 13.7. The van der Waals surface area contributed by atoms with E-state index in [0.29, 0.717) is 6.04 Å². The maximum absolute atomic E-state index is 5.83. The molecule has 0 spiro atoms. The highest BCUT2D eigenvalue weighted by Gasteiger charge is 2.34. The first-order chi connectivity index (χ1) is 10.1. The summed E-state index contributed by atoms with van der Waals surface area (Å²) in [5, 5.41) is 5.81. The monoisotopic (exact) mass is 310 g/mol. The van der Waals surface area contributed by atoms with Gasteiger partial charge in [0.2, 0.25) is 0 Å². The molecule has 0 aliphatic carbocycles. The van der Waals surface area contributed by atoms with Gasteiger partial charge in [0.1, 0.15) is 0 Å². The third-order valence-electron chi connectivity index (χ3n) is 4.26.